The molecule has 3 atom stereocenters. The number of morpholine rings is 1. The Kier molecular flexibility index (Phi) is 4.80. The van der Waals surface area contributed by atoms with Gasteiger partial charge in [-0.15, -0.1) is 0 Å². The Morgan fingerprint density at radius 3 is 2.66 bits per heavy atom. The van der Waals surface area contributed by atoms with Gasteiger partial charge in [-0.25, -0.2) is 4.39 Å². The molecule has 2 N–H and O–H groups in total. The molecule has 2 aliphatic heterocycles. The number of H-pyrrole nitrogens is 1. The molecule has 3 aliphatic rings. The van der Waals surface area contributed by atoms with Gasteiger partial charge in [-0.3, -0.25) is 9.69 Å². The van der Waals surface area contributed by atoms with Crippen molar-refractivity contribution in [2.24, 2.45) is 17.8 Å². The van der Waals surface area contributed by atoms with E-state index in [4.69, 9.17) is 4.74 Å². The summed E-state index contributed by atoms with van der Waals surface area (Å²) < 4.78 is 19.9. The van der Waals surface area contributed by atoms with Gasteiger partial charge in [-0.05, 0) is 49.1 Å². The average molecular weight is 398 g/mol. The van der Waals surface area contributed by atoms with Gasteiger partial charge in [0.05, 0.1) is 18.9 Å². The number of anilines is 2. The Morgan fingerprint density at radius 2 is 2.00 bits per heavy atom. The number of nitrogens with zero attached hydrogens (tertiary/aromatic N) is 2. The molecule has 6 nitrogen and oxygen atoms in total. The van der Waals surface area contributed by atoms with Crippen molar-refractivity contribution < 1.29 is 13.9 Å². The van der Waals surface area contributed by atoms with Gasteiger partial charge in [0.2, 0.25) is 5.91 Å². The van der Waals surface area contributed by atoms with E-state index in [0.29, 0.717) is 55.6 Å². The predicted molar refractivity (Wildman–Crippen MR) is 109 cm³/mol. The lowest BCUT2D eigenvalue weighted by Gasteiger charge is -2.29. The van der Waals surface area contributed by atoms with Crippen molar-refractivity contribution in [1.82, 2.24) is 9.88 Å². The minimum atomic E-state index is -0.299. The van der Waals surface area contributed by atoms with E-state index < -0.39 is 0 Å². The quantitative estimate of drug-likeness (QED) is 0.813. The van der Waals surface area contributed by atoms with E-state index in [1.807, 2.05) is 17.2 Å². The zero-order valence-corrected chi connectivity index (χ0v) is 16.6. The molecule has 154 valence electrons. The maximum absolute atomic E-state index is 14.6. The Balaban J connectivity index is 1.17. The standard InChI is InChI=1S/C22H27FN4O2/c1-14(19-3-2-6-24-19)27-12-16-17(13-27)21(16)22(28)25-15-4-5-20(18(23)11-15)26-7-9-29-10-8-26/h2-6,11,14,16-17,21,24H,7-10,12-13H2,1H3,(H,25,28). The summed E-state index contributed by atoms with van der Waals surface area (Å²) in [6.45, 7) is 6.67. The number of halogens is 1. The summed E-state index contributed by atoms with van der Waals surface area (Å²) in [5, 5.41) is 2.93. The number of carbonyl (C=O) groups excluding carboxylic acids is 1. The van der Waals surface area contributed by atoms with Crippen LogP contribution in [-0.2, 0) is 9.53 Å². The van der Waals surface area contributed by atoms with Crippen LogP contribution >= 0.6 is 0 Å². The molecular formula is C22H27FN4O2. The number of nitrogens with one attached hydrogen (secondary N) is 2. The van der Waals surface area contributed by atoms with E-state index in [1.54, 1.807) is 12.1 Å². The zero-order valence-electron chi connectivity index (χ0n) is 16.6. The van der Waals surface area contributed by atoms with E-state index >= 15 is 0 Å². The van der Waals surface area contributed by atoms with Gasteiger partial charge < -0.3 is 19.9 Å². The number of aromatic nitrogens is 1. The van der Waals surface area contributed by atoms with Gasteiger partial charge in [0.25, 0.3) is 0 Å². The number of ether oxygens (including phenoxy) is 1. The van der Waals surface area contributed by atoms with Crippen LogP contribution in [0.5, 0.6) is 0 Å². The molecule has 2 saturated heterocycles. The number of aromatic amines is 1. The van der Waals surface area contributed by atoms with E-state index in [2.05, 4.69) is 28.2 Å². The lowest BCUT2D eigenvalue weighted by atomic mass is 10.1. The molecule has 3 heterocycles. The SMILES string of the molecule is CC(c1ccc[nH]1)N1CC2C(C1)C2C(=O)Nc1ccc(N2CCOCC2)c(F)c1. The second-order valence-electron chi connectivity index (χ2n) is 8.36. The molecule has 1 aliphatic carbocycles. The highest BCUT2D eigenvalue weighted by Crippen LogP contribution is 2.53. The topological polar surface area (TPSA) is 60.6 Å². The summed E-state index contributed by atoms with van der Waals surface area (Å²) in [4.78, 5) is 20.4. The van der Waals surface area contributed by atoms with Crippen LogP contribution in [0.3, 0.4) is 0 Å². The van der Waals surface area contributed by atoms with E-state index in [0.717, 1.165) is 13.1 Å². The van der Waals surface area contributed by atoms with Crippen LogP contribution in [0.4, 0.5) is 15.8 Å². The van der Waals surface area contributed by atoms with Gasteiger partial charge in [0, 0.05) is 55.7 Å². The summed E-state index contributed by atoms with van der Waals surface area (Å²) in [6, 6.07) is 9.44. The zero-order chi connectivity index (χ0) is 20.0. The van der Waals surface area contributed by atoms with Crippen LogP contribution in [-0.4, -0.2) is 55.2 Å². The number of carbonyl (C=O) groups is 1. The van der Waals surface area contributed by atoms with Crippen LogP contribution in [0.25, 0.3) is 0 Å². The summed E-state index contributed by atoms with van der Waals surface area (Å²) in [7, 11) is 0. The highest BCUT2D eigenvalue weighted by atomic mass is 19.1. The summed E-state index contributed by atoms with van der Waals surface area (Å²) >= 11 is 0. The lowest BCUT2D eigenvalue weighted by molar-refractivity contribution is -0.118. The van der Waals surface area contributed by atoms with Gasteiger partial charge >= 0.3 is 0 Å². The lowest BCUT2D eigenvalue weighted by Crippen LogP contribution is -2.36. The van der Waals surface area contributed by atoms with Crippen molar-refractivity contribution in [1.29, 1.82) is 0 Å². The molecule has 3 fully saturated rings. The van der Waals surface area contributed by atoms with Crippen molar-refractivity contribution in [2.75, 3.05) is 49.6 Å². The number of likely N-dealkylation sites (tertiary alicyclic amines) is 1. The maximum atomic E-state index is 14.6. The number of rotatable bonds is 5. The first-order valence-corrected chi connectivity index (χ1v) is 10.4. The van der Waals surface area contributed by atoms with Crippen molar-refractivity contribution in [3.05, 3.63) is 48.0 Å². The average Bonchev–Trinajstić information content (AvgIpc) is 3.10. The van der Waals surface area contributed by atoms with Crippen LogP contribution in [0.15, 0.2) is 36.5 Å². The highest BCUT2D eigenvalue weighted by molar-refractivity contribution is 5.95. The van der Waals surface area contributed by atoms with E-state index in [-0.39, 0.29) is 17.6 Å². The number of amides is 1. The summed E-state index contributed by atoms with van der Waals surface area (Å²) in [6.07, 6.45) is 1.95. The van der Waals surface area contributed by atoms with Gasteiger partial charge in [0.15, 0.2) is 0 Å². The molecule has 29 heavy (non-hydrogen) atoms. The maximum Gasteiger partial charge on any atom is 0.228 e. The molecule has 0 radical (unpaired) electrons. The monoisotopic (exact) mass is 398 g/mol. The fourth-order valence-corrected chi connectivity index (χ4v) is 4.94. The molecule has 7 heteroatoms. The molecular weight excluding hydrogens is 371 g/mol. The van der Waals surface area contributed by atoms with Crippen molar-refractivity contribution in [3.8, 4) is 0 Å². The van der Waals surface area contributed by atoms with Crippen LogP contribution in [0.1, 0.15) is 18.7 Å². The Labute approximate surface area is 170 Å². The molecule has 1 amide bonds. The third-order valence-electron chi connectivity index (χ3n) is 6.71. The Hall–Kier alpha value is -2.38. The summed E-state index contributed by atoms with van der Waals surface area (Å²) in [5.74, 6) is 0.580. The first kappa shape index (κ1) is 18.6. The van der Waals surface area contributed by atoms with Crippen molar-refractivity contribution >= 4 is 17.3 Å². The number of hydrogen-bond acceptors (Lipinski definition) is 4. The molecule has 1 aromatic heterocycles. The van der Waals surface area contributed by atoms with E-state index in [9.17, 15) is 9.18 Å². The van der Waals surface area contributed by atoms with Crippen LogP contribution in [0.2, 0.25) is 0 Å². The number of fused-ring (bicyclic) bond motifs is 1. The third-order valence-corrected chi connectivity index (χ3v) is 6.71. The second-order valence-corrected chi connectivity index (χ2v) is 8.36. The van der Waals surface area contributed by atoms with Crippen LogP contribution < -0.4 is 10.2 Å². The highest BCUT2D eigenvalue weighted by Gasteiger charge is 2.59. The fraction of sp³-hybridized carbons (Fsp3) is 0.500. The normalized spacial score (nSPS) is 27.5. The van der Waals surface area contributed by atoms with Crippen molar-refractivity contribution in [2.45, 2.75) is 13.0 Å². The minimum absolute atomic E-state index is 0.0192. The minimum Gasteiger partial charge on any atom is -0.378 e. The molecule has 1 aromatic carbocycles. The van der Waals surface area contributed by atoms with E-state index in [1.165, 1.54) is 11.8 Å². The van der Waals surface area contributed by atoms with Gasteiger partial charge in [-0.1, -0.05) is 0 Å². The first-order valence-electron chi connectivity index (χ1n) is 10.4. The molecule has 0 spiro atoms. The molecule has 5 rings (SSSR count). The van der Waals surface area contributed by atoms with Gasteiger partial charge in [0.1, 0.15) is 5.82 Å². The second kappa shape index (κ2) is 7.46. The molecule has 0 bridgehead atoms. The fourth-order valence-electron chi connectivity index (χ4n) is 4.94. The number of benzene rings is 1. The summed E-state index contributed by atoms with van der Waals surface area (Å²) in [5.41, 5.74) is 2.32. The molecule has 3 unspecified atom stereocenters. The number of hydrogen-bond donors (Lipinski definition) is 2. The predicted octanol–water partition coefficient (Wildman–Crippen LogP) is 2.87. The van der Waals surface area contributed by atoms with Crippen molar-refractivity contribution in [3.63, 3.8) is 0 Å². The third kappa shape index (κ3) is 3.53. The van der Waals surface area contributed by atoms with Crippen LogP contribution in [0, 0.1) is 23.6 Å². The Bertz CT molecular complexity index is 869. The smallest absolute Gasteiger partial charge is 0.228 e. The largest absolute Gasteiger partial charge is 0.378 e. The number of piperidine rings is 1. The molecule has 2 aromatic rings. The Morgan fingerprint density at radius 1 is 1.24 bits per heavy atom. The van der Waals surface area contributed by atoms with Gasteiger partial charge in [-0.2, -0.15) is 0 Å². The first-order chi connectivity index (χ1) is 14.1. The molecule has 1 saturated carbocycles.